The zero-order valence-electron chi connectivity index (χ0n) is 24.3. The topological polar surface area (TPSA) is 91.4 Å². The second kappa shape index (κ2) is 17.4. The number of rotatable bonds is 7. The van der Waals surface area contributed by atoms with Gasteiger partial charge < -0.3 is 15.5 Å². The summed E-state index contributed by atoms with van der Waals surface area (Å²) in [5, 5.41) is 5.71. The van der Waals surface area contributed by atoms with Crippen LogP contribution in [0.1, 0.15) is 74.5 Å². The maximum Gasteiger partial charge on any atom is 0.252 e. The Hall–Kier alpha value is -4.26. The van der Waals surface area contributed by atoms with E-state index in [0.717, 1.165) is 18.4 Å². The molecule has 1 unspecified atom stereocenters. The Bertz CT molecular complexity index is 1230. The molecule has 2 atom stereocenters. The molecule has 2 heterocycles. The van der Waals surface area contributed by atoms with E-state index < -0.39 is 6.04 Å². The van der Waals surface area contributed by atoms with Crippen LogP contribution in [0.4, 0.5) is 5.69 Å². The standard InChI is InChI=1S/C25H29N3O3.C6H7N.C2H6/c1-3-10-22(29)26-21-15-9-14-20(17-21)24(30)27-23(19-12-5-4-6-13-19)25(31)28-16-8-7-11-18(28)2;1-6-3-2-4-7-5-6;1-2/h4-9,12-15,17-18,23H,3,10-11,16H2,1-2H3,(H,26,29)(H,27,30);2-5H,1H3;1-2H3/t18?,23-;;/m0../s1. The number of hydrogen-bond acceptors (Lipinski definition) is 4. The van der Waals surface area contributed by atoms with Crippen molar-refractivity contribution in [2.24, 2.45) is 0 Å². The first kappa shape index (κ1) is 32.0. The van der Waals surface area contributed by atoms with E-state index in [1.54, 1.807) is 35.4 Å². The molecule has 3 aromatic rings. The molecule has 7 nitrogen and oxygen atoms in total. The number of pyridine rings is 1. The van der Waals surface area contributed by atoms with Crippen LogP contribution in [0.25, 0.3) is 0 Å². The second-order valence-electron chi connectivity index (χ2n) is 9.27. The number of aromatic nitrogens is 1. The molecule has 1 aliphatic rings. The van der Waals surface area contributed by atoms with Gasteiger partial charge in [-0.2, -0.15) is 0 Å². The van der Waals surface area contributed by atoms with E-state index in [-0.39, 0.29) is 23.8 Å². The third kappa shape index (κ3) is 10.1. The normalized spacial score (nSPS) is 14.4. The van der Waals surface area contributed by atoms with Gasteiger partial charge in [0.25, 0.3) is 5.91 Å². The lowest BCUT2D eigenvalue weighted by Gasteiger charge is -2.33. The quantitative estimate of drug-likeness (QED) is 0.334. The molecule has 0 fully saturated rings. The van der Waals surface area contributed by atoms with Gasteiger partial charge in [0.15, 0.2) is 0 Å². The van der Waals surface area contributed by atoms with Gasteiger partial charge in [0.1, 0.15) is 6.04 Å². The van der Waals surface area contributed by atoms with Crippen molar-refractivity contribution in [3.05, 3.63) is 108 Å². The first-order valence-electron chi connectivity index (χ1n) is 14.0. The van der Waals surface area contributed by atoms with E-state index in [9.17, 15) is 14.4 Å². The van der Waals surface area contributed by atoms with Crippen molar-refractivity contribution in [1.82, 2.24) is 15.2 Å². The van der Waals surface area contributed by atoms with Gasteiger partial charge >= 0.3 is 0 Å². The van der Waals surface area contributed by atoms with Crippen LogP contribution in [0.2, 0.25) is 0 Å². The molecular weight excluding hydrogens is 500 g/mol. The van der Waals surface area contributed by atoms with E-state index >= 15 is 0 Å². The summed E-state index contributed by atoms with van der Waals surface area (Å²) in [6.07, 6.45) is 9.61. The third-order valence-electron chi connectivity index (χ3n) is 6.11. The lowest BCUT2D eigenvalue weighted by Crippen LogP contribution is -2.47. The number of nitrogens with one attached hydrogen (secondary N) is 2. The number of aryl methyl sites for hydroxylation is 1. The Morgan fingerprint density at radius 2 is 1.75 bits per heavy atom. The SMILES string of the molecule is CC.CCCC(=O)Nc1cccc(C(=O)N[C@H](C(=O)N2CC=CCC2C)c2ccccc2)c1.Cc1cccnc1. The Kier molecular flexibility index (Phi) is 13.9. The summed E-state index contributed by atoms with van der Waals surface area (Å²) in [6.45, 7) is 10.5. The number of benzene rings is 2. The number of carbonyl (C=O) groups is 3. The van der Waals surface area contributed by atoms with Crippen molar-refractivity contribution in [2.75, 3.05) is 11.9 Å². The predicted molar refractivity (Wildman–Crippen MR) is 162 cm³/mol. The smallest absolute Gasteiger partial charge is 0.252 e. The van der Waals surface area contributed by atoms with Crippen LogP contribution in [-0.4, -0.2) is 40.2 Å². The van der Waals surface area contributed by atoms with Gasteiger partial charge in [-0.15, -0.1) is 0 Å². The minimum Gasteiger partial charge on any atom is -0.336 e. The lowest BCUT2D eigenvalue weighted by atomic mass is 10.0. The zero-order chi connectivity index (χ0) is 29.3. The highest BCUT2D eigenvalue weighted by Crippen LogP contribution is 2.21. The summed E-state index contributed by atoms with van der Waals surface area (Å²) < 4.78 is 0. The minimum absolute atomic E-state index is 0.0673. The maximum absolute atomic E-state index is 13.4. The van der Waals surface area contributed by atoms with Crippen LogP contribution in [0.3, 0.4) is 0 Å². The van der Waals surface area contributed by atoms with Crippen LogP contribution in [0, 0.1) is 6.92 Å². The first-order chi connectivity index (χ1) is 19.4. The van der Waals surface area contributed by atoms with Crippen LogP contribution in [0.5, 0.6) is 0 Å². The van der Waals surface area contributed by atoms with Crippen molar-refractivity contribution >= 4 is 23.4 Å². The van der Waals surface area contributed by atoms with Crippen molar-refractivity contribution < 1.29 is 14.4 Å². The lowest BCUT2D eigenvalue weighted by molar-refractivity contribution is -0.135. The fraction of sp³-hybridized carbons (Fsp3) is 0.333. The van der Waals surface area contributed by atoms with Gasteiger partial charge in [0, 0.05) is 42.7 Å². The Morgan fingerprint density at radius 1 is 1.00 bits per heavy atom. The number of carbonyl (C=O) groups excluding carboxylic acids is 3. The summed E-state index contributed by atoms with van der Waals surface area (Å²) >= 11 is 0. The van der Waals surface area contributed by atoms with Crippen molar-refractivity contribution in [3.63, 3.8) is 0 Å². The molecule has 0 saturated heterocycles. The van der Waals surface area contributed by atoms with Crippen molar-refractivity contribution in [3.8, 4) is 0 Å². The number of hydrogen-bond donors (Lipinski definition) is 2. The number of anilines is 1. The molecular formula is C33H42N4O3. The number of amides is 3. The maximum atomic E-state index is 13.4. The monoisotopic (exact) mass is 542 g/mol. The van der Waals surface area contributed by atoms with Gasteiger partial charge in [0.2, 0.25) is 11.8 Å². The van der Waals surface area contributed by atoms with E-state index in [0.29, 0.717) is 24.2 Å². The third-order valence-corrected chi connectivity index (χ3v) is 6.11. The highest BCUT2D eigenvalue weighted by molar-refractivity contribution is 5.99. The van der Waals surface area contributed by atoms with Gasteiger partial charge in [-0.1, -0.05) is 75.4 Å². The van der Waals surface area contributed by atoms with Gasteiger partial charge in [-0.25, -0.2) is 0 Å². The Balaban J connectivity index is 0.000000534. The van der Waals surface area contributed by atoms with Crippen LogP contribution >= 0.6 is 0 Å². The molecule has 0 radical (unpaired) electrons. The van der Waals surface area contributed by atoms with Crippen molar-refractivity contribution in [1.29, 1.82) is 0 Å². The van der Waals surface area contributed by atoms with E-state index in [4.69, 9.17) is 0 Å². The molecule has 2 N–H and O–H groups in total. The molecule has 40 heavy (non-hydrogen) atoms. The Labute approximate surface area is 238 Å². The first-order valence-corrected chi connectivity index (χ1v) is 14.0. The summed E-state index contributed by atoms with van der Waals surface area (Å²) in [7, 11) is 0. The highest BCUT2D eigenvalue weighted by Gasteiger charge is 2.30. The molecule has 2 aromatic carbocycles. The number of nitrogens with zero attached hydrogens (tertiary/aromatic N) is 2. The summed E-state index contributed by atoms with van der Waals surface area (Å²) in [4.78, 5) is 44.0. The molecule has 0 bridgehead atoms. The summed E-state index contributed by atoms with van der Waals surface area (Å²) in [6, 6.07) is 19.2. The van der Waals surface area contributed by atoms with Crippen molar-refractivity contribution in [2.45, 2.75) is 66.0 Å². The van der Waals surface area contributed by atoms with Gasteiger partial charge in [0.05, 0.1) is 0 Å². The van der Waals surface area contributed by atoms with E-state index in [1.807, 2.05) is 89.4 Å². The average molecular weight is 543 g/mol. The van der Waals surface area contributed by atoms with Gasteiger partial charge in [-0.05, 0) is 62.1 Å². The largest absolute Gasteiger partial charge is 0.336 e. The zero-order valence-corrected chi connectivity index (χ0v) is 24.3. The molecule has 1 aliphatic heterocycles. The Morgan fingerprint density at radius 3 is 2.35 bits per heavy atom. The van der Waals surface area contributed by atoms with E-state index in [1.165, 1.54) is 5.56 Å². The van der Waals surface area contributed by atoms with Crippen LogP contribution < -0.4 is 10.6 Å². The average Bonchev–Trinajstić information content (AvgIpc) is 2.98. The second-order valence-corrected chi connectivity index (χ2v) is 9.27. The predicted octanol–water partition coefficient (Wildman–Crippen LogP) is 6.49. The van der Waals surface area contributed by atoms with Crippen LogP contribution in [-0.2, 0) is 9.59 Å². The fourth-order valence-corrected chi connectivity index (χ4v) is 4.05. The molecule has 0 spiro atoms. The van der Waals surface area contributed by atoms with Crippen LogP contribution in [0.15, 0.2) is 91.3 Å². The minimum atomic E-state index is -0.791. The van der Waals surface area contributed by atoms with Gasteiger partial charge in [-0.3, -0.25) is 19.4 Å². The molecule has 4 rings (SSSR count). The molecule has 7 heteroatoms. The molecule has 1 aromatic heterocycles. The molecule has 212 valence electrons. The summed E-state index contributed by atoms with van der Waals surface area (Å²) in [5.74, 6) is -0.595. The fourth-order valence-electron chi connectivity index (χ4n) is 4.05. The molecule has 0 saturated carbocycles. The summed E-state index contributed by atoms with van der Waals surface area (Å²) in [5.41, 5.74) is 2.88. The molecule has 3 amide bonds. The highest BCUT2D eigenvalue weighted by atomic mass is 16.2. The molecule has 0 aliphatic carbocycles. The van der Waals surface area contributed by atoms with E-state index in [2.05, 4.69) is 21.7 Å².